The molecule has 0 bridgehead atoms. The molecule has 0 saturated heterocycles. The first-order chi connectivity index (χ1) is 8.63. The van der Waals surface area contributed by atoms with Crippen LogP contribution >= 0.6 is 0 Å². The molecule has 1 aromatic heterocycles. The standard InChI is InChI=1S/C8H7NO2.C5H6N2/c1-11-8(10)7-5-2-4(5)3-6(7)9;1-5-4-6-2-3-7-5/h2-3H,9H2,1H3;2-4H,1H3. The first-order valence-electron chi connectivity index (χ1n) is 5.38. The highest BCUT2D eigenvalue weighted by molar-refractivity contribution is 6.09. The number of carbonyl (C=O) groups excluding carboxylic acids is 1. The van der Waals surface area contributed by atoms with Gasteiger partial charge in [0.15, 0.2) is 0 Å². The second-order valence-electron chi connectivity index (χ2n) is 3.83. The zero-order chi connectivity index (χ0) is 13.1. The number of rotatable bonds is 1. The SMILES string of the molecule is COC(=O)c1c(N)cc2cc1-2.Cc1cnccn1. The lowest BCUT2D eigenvalue weighted by Crippen LogP contribution is -2.02. The Labute approximate surface area is 105 Å². The molecule has 18 heavy (non-hydrogen) atoms. The molecule has 1 heterocycles. The molecular weight excluding hydrogens is 230 g/mol. The number of anilines is 1. The summed E-state index contributed by atoms with van der Waals surface area (Å²) in [6.45, 7) is 1.91. The summed E-state index contributed by atoms with van der Waals surface area (Å²) < 4.78 is 4.55. The normalized spacial score (nSPS) is 10.1. The van der Waals surface area contributed by atoms with Crippen molar-refractivity contribution >= 4 is 11.7 Å². The first kappa shape index (κ1) is 12.0. The number of hydrogen-bond acceptors (Lipinski definition) is 5. The maximum atomic E-state index is 11.0. The smallest absolute Gasteiger partial charge is 0.340 e. The van der Waals surface area contributed by atoms with Crippen molar-refractivity contribution in [2.45, 2.75) is 6.92 Å². The van der Waals surface area contributed by atoms with Gasteiger partial charge in [-0.05, 0) is 30.2 Å². The highest BCUT2D eigenvalue weighted by Crippen LogP contribution is 2.42. The highest BCUT2D eigenvalue weighted by atomic mass is 16.5. The summed E-state index contributed by atoms with van der Waals surface area (Å²) in [6.07, 6.45) is 5.06. The number of carbonyl (C=O) groups is 1. The van der Waals surface area contributed by atoms with Crippen molar-refractivity contribution in [1.29, 1.82) is 0 Å². The zero-order valence-corrected chi connectivity index (χ0v) is 10.2. The van der Waals surface area contributed by atoms with Gasteiger partial charge in [-0.1, -0.05) is 0 Å². The summed E-state index contributed by atoms with van der Waals surface area (Å²) in [7, 11) is 1.35. The van der Waals surface area contributed by atoms with Crippen LogP contribution in [0.15, 0.2) is 30.7 Å². The average Bonchev–Trinajstić information content (AvgIpc) is 3.02. The average molecular weight is 243 g/mol. The Bertz CT molecular complexity index is 582. The quantitative estimate of drug-likeness (QED) is 0.521. The molecule has 0 amide bonds. The van der Waals surface area contributed by atoms with Crippen LogP contribution in [0, 0.1) is 6.92 Å². The fraction of sp³-hybridized carbons (Fsp3) is 0.154. The van der Waals surface area contributed by atoms with E-state index in [-0.39, 0.29) is 5.97 Å². The molecule has 3 rings (SSSR count). The molecular formula is C13H13N3O2. The molecule has 5 heteroatoms. The summed E-state index contributed by atoms with van der Waals surface area (Å²) in [6, 6.07) is 3.68. The Morgan fingerprint density at radius 1 is 1.33 bits per heavy atom. The van der Waals surface area contributed by atoms with Gasteiger partial charge in [0.25, 0.3) is 0 Å². The van der Waals surface area contributed by atoms with Gasteiger partial charge in [0.2, 0.25) is 0 Å². The van der Waals surface area contributed by atoms with Gasteiger partial charge in [0, 0.05) is 24.3 Å². The number of aromatic nitrogens is 2. The predicted octanol–water partition coefficient (Wildman–Crippen LogP) is 1.82. The Kier molecular flexibility index (Phi) is 3.23. The zero-order valence-electron chi connectivity index (χ0n) is 10.2. The van der Waals surface area contributed by atoms with Crippen LogP contribution in [-0.2, 0) is 4.74 Å². The number of nitrogens with zero attached hydrogens (tertiary/aromatic N) is 2. The van der Waals surface area contributed by atoms with Crippen molar-refractivity contribution in [3.05, 3.63) is 42.0 Å². The fourth-order valence-electron chi connectivity index (χ4n) is 1.55. The molecule has 92 valence electrons. The van der Waals surface area contributed by atoms with E-state index >= 15 is 0 Å². The number of methoxy groups -OCH3 is 1. The van der Waals surface area contributed by atoms with Crippen molar-refractivity contribution in [1.82, 2.24) is 9.97 Å². The summed E-state index contributed by atoms with van der Waals surface area (Å²) in [5.41, 5.74) is 9.53. The number of benzene rings is 1. The van der Waals surface area contributed by atoms with Crippen LogP contribution in [0.3, 0.4) is 0 Å². The Morgan fingerprint density at radius 3 is 2.50 bits per heavy atom. The molecule has 0 spiro atoms. The van der Waals surface area contributed by atoms with Crippen molar-refractivity contribution < 1.29 is 9.53 Å². The molecule has 0 fully saturated rings. The van der Waals surface area contributed by atoms with Crippen LogP contribution in [0.1, 0.15) is 16.1 Å². The summed E-state index contributed by atoms with van der Waals surface area (Å²) in [5, 5.41) is 0. The minimum absolute atomic E-state index is 0.350. The van der Waals surface area contributed by atoms with Crippen LogP contribution in [-0.4, -0.2) is 23.0 Å². The Balaban J connectivity index is 0.000000149. The summed E-state index contributed by atoms with van der Waals surface area (Å²) in [5.74, 6) is -0.350. The van der Waals surface area contributed by atoms with Gasteiger partial charge in [-0.15, -0.1) is 0 Å². The van der Waals surface area contributed by atoms with Crippen LogP contribution in [0.2, 0.25) is 0 Å². The molecule has 2 N–H and O–H groups in total. The van der Waals surface area contributed by atoms with Crippen molar-refractivity contribution in [2.24, 2.45) is 0 Å². The summed E-state index contributed by atoms with van der Waals surface area (Å²) >= 11 is 0. The van der Waals surface area contributed by atoms with Gasteiger partial charge >= 0.3 is 5.97 Å². The van der Waals surface area contributed by atoms with Gasteiger partial charge in [0.05, 0.1) is 18.4 Å². The number of nitrogen functional groups attached to an aromatic ring is 1. The first-order valence-corrected chi connectivity index (χ1v) is 5.38. The lowest BCUT2D eigenvalue weighted by molar-refractivity contribution is 0.0603. The van der Waals surface area contributed by atoms with E-state index in [1.54, 1.807) is 24.7 Å². The molecule has 0 radical (unpaired) electrons. The Hall–Kier alpha value is -2.43. The lowest BCUT2D eigenvalue weighted by atomic mass is 10.2. The maximum absolute atomic E-state index is 11.0. The summed E-state index contributed by atoms with van der Waals surface area (Å²) in [4.78, 5) is 18.8. The number of fused-ring (bicyclic) bond motifs is 1. The minimum Gasteiger partial charge on any atom is -0.465 e. The highest BCUT2D eigenvalue weighted by Gasteiger charge is 2.26. The molecule has 0 aromatic carbocycles. The van der Waals surface area contributed by atoms with E-state index < -0.39 is 0 Å². The third kappa shape index (κ3) is 2.45. The molecule has 0 saturated carbocycles. The predicted molar refractivity (Wildman–Crippen MR) is 68.0 cm³/mol. The molecule has 0 aliphatic heterocycles. The van der Waals surface area contributed by atoms with Gasteiger partial charge in [0.1, 0.15) is 0 Å². The van der Waals surface area contributed by atoms with Crippen LogP contribution in [0.5, 0.6) is 0 Å². The van der Waals surface area contributed by atoms with Crippen molar-refractivity contribution in [3.8, 4) is 11.1 Å². The molecule has 0 atom stereocenters. The van der Waals surface area contributed by atoms with Crippen LogP contribution in [0.25, 0.3) is 11.1 Å². The number of nitrogens with two attached hydrogens (primary N) is 1. The number of hydrogen-bond donors (Lipinski definition) is 1. The Morgan fingerprint density at radius 2 is 2.11 bits per heavy atom. The van der Waals surface area contributed by atoms with E-state index in [9.17, 15) is 4.79 Å². The molecule has 1 aromatic rings. The third-order valence-corrected chi connectivity index (χ3v) is 2.48. The van der Waals surface area contributed by atoms with Crippen LogP contribution < -0.4 is 5.73 Å². The number of esters is 1. The topological polar surface area (TPSA) is 78.1 Å². The van der Waals surface area contributed by atoms with Gasteiger partial charge in [-0.2, -0.15) is 0 Å². The molecule has 5 nitrogen and oxygen atoms in total. The minimum atomic E-state index is -0.350. The van der Waals surface area contributed by atoms with Crippen molar-refractivity contribution in [3.63, 3.8) is 0 Å². The van der Waals surface area contributed by atoms with Gasteiger partial charge in [-0.3, -0.25) is 9.97 Å². The van der Waals surface area contributed by atoms with Crippen molar-refractivity contribution in [2.75, 3.05) is 12.8 Å². The van der Waals surface area contributed by atoms with E-state index in [4.69, 9.17) is 5.73 Å². The monoisotopic (exact) mass is 243 g/mol. The van der Waals surface area contributed by atoms with E-state index in [2.05, 4.69) is 14.7 Å². The van der Waals surface area contributed by atoms with Gasteiger partial charge < -0.3 is 10.5 Å². The fourth-order valence-corrected chi connectivity index (χ4v) is 1.55. The lowest BCUT2D eigenvalue weighted by Gasteiger charge is -1.96. The third-order valence-electron chi connectivity index (χ3n) is 2.48. The maximum Gasteiger partial charge on any atom is 0.340 e. The van der Waals surface area contributed by atoms with Gasteiger partial charge in [-0.25, -0.2) is 4.79 Å². The largest absolute Gasteiger partial charge is 0.465 e. The van der Waals surface area contributed by atoms with E-state index in [0.717, 1.165) is 16.8 Å². The molecule has 2 aliphatic carbocycles. The number of aryl methyl sites for hydroxylation is 1. The van der Waals surface area contributed by atoms with E-state index in [1.807, 2.05) is 13.0 Å². The second-order valence-corrected chi connectivity index (χ2v) is 3.83. The van der Waals surface area contributed by atoms with Crippen LogP contribution in [0.4, 0.5) is 5.69 Å². The second kappa shape index (κ2) is 4.83. The molecule has 0 unspecified atom stereocenters. The van der Waals surface area contributed by atoms with E-state index in [1.165, 1.54) is 7.11 Å². The number of ether oxygens (including phenoxy) is 1. The van der Waals surface area contributed by atoms with E-state index in [0.29, 0.717) is 11.3 Å². The molecule has 2 aliphatic rings.